The van der Waals surface area contributed by atoms with E-state index in [2.05, 4.69) is 15.7 Å². The van der Waals surface area contributed by atoms with E-state index in [0.29, 0.717) is 44.2 Å². The number of sulfonamides is 1. The molecule has 7 nitrogen and oxygen atoms in total. The largest absolute Gasteiger partial charge is 0.355 e. The monoisotopic (exact) mass is 450 g/mol. The Kier molecular flexibility index (Phi) is 7.99. The van der Waals surface area contributed by atoms with Gasteiger partial charge in [0.05, 0.1) is 16.4 Å². The SMILES string of the molecule is Cc1ccc(S(=O)(=O)N2CCN(CC(=O)NCCCCc3nc(C)cs3)CC2)cc1. The quantitative estimate of drug-likeness (QED) is 0.593. The predicted octanol–water partition coefficient (Wildman–Crippen LogP) is 2.21. The van der Waals surface area contributed by atoms with Gasteiger partial charge in [0.25, 0.3) is 0 Å². The van der Waals surface area contributed by atoms with Gasteiger partial charge in [-0.1, -0.05) is 17.7 Å². The molecular formula is C21H30N4O3S2. The fraction of sp³-hybridized carbons (Fsp3) is 0.524. The van der Waals surface area contributed by atoms with Crippen molar-refractivity contribution < 1.29 is 13.2 Å². The van der Waals surface area contributed by atoms with Gasteiger partial charge in [-0.25, -0.2) is 13.4 Å². The van der Waals surface area contributed by atoms with Crippen LogP contribution in [0.1, 0.15) is 29.1 Å². The van der Waals surface area contributed by atoms with Crippen LogP contribution in [-0.2, 0) is 21.2 Å². The molecule has 1 N–H and O–H groups in total. The zero-order valence-corrected chi connectivity index (χ0v) is 19.3. The van der Waals surface area contributed by atoms with Gasteiger partial charge >= 0.3 is 0 Å². The van der Waals surface area contributed by atoms with Crippen LogP contribution < -0.4 is 5.32 Å². The van der Waals surface area contributed by atoms with E-state index in [-0.39, 0.29) is 5.91 Å². The van der Waals surface area contributed by atoms with Gasteiger partial charge in [0.2, 0.25) is 15.9 Å². The average Bonchev–Trinajstić information content (AvgIpc) is 3.13. The smallest absolute Gasteiger partial charge is 0.243 e. The number of piperazine rings is 1. The number of rotatable bonds is 9. The summed E-state index contributed by atoms with van der Waals surface area (Å²) >= 11 is 1.69. The van der Waals surface area contributed by atoms with Gasteiger partial charge in [0.15, 0.2) is 0 Å². The molecule has 1 aromatic carbocycles. The molecule has 164 valence electrons. The summed E-state index contributed by atoms with van der Waals surface area (Å²) < 4.78 is 27.0. The lowest BCUT2D eigenvalue weighted by Crippen LogP contribution is -2.51. The van der Waals surface area contributed by atoms with E-state index in [0.717, 1.165) is 35.5 Å². The Hall–Kier alpha value is -1.81. The molecule has 0 unspecified atom stereocenters. The first-order valence-corrected chi connectivity index (χ1v) is 12.6. The summed E-state index contributed by atoms with van der Waals surface area (Å²) in [5, 5.41) is 6.17. The van der Waals surface area contributed by atoms with E-state index in [1.807, 2.05) is 30.9 Å². The molecule has 30 heavy (non-hydrogen) atoms. The topological polar surface area (TPSA) is 82.6 Å². The van der Waals surface area contributed by atoms with Crippen molar-refractivity contribution in [3.8, 4) is 0 Å². The molecule has 1 fully saturated rings. The Morgan fingerprint density at radius 2 is 1.80 bits per heavy atom. The van der Waals surface area contributed by atoms with Crippen molar-refractivity contribution in [1.29, 1.82) is 0 Å². The first-order valence-electron chi connectivity index (χ1n) is 10.3. The Labute approximate surface area is 183 Å². The second kappa shape index (κ2) is 10.5. The van der Waals surface area contributed by atoms with Crippen LogP contribution in [0, 0.1) is 13.8 Å². The van der Waals surface area contributed by atoms with E-state index in [1.54, 1.807) is 23.5 Å². The Morgan fingerprint density at radius 1 is 1.10 bits per heavy atom. The molecule has 0 bridgehead atoms. The van der Waals surface area contributed by atoms with Crippen LogP contribution in [0.5, 0.6) is 0 Å². The molecule has 1 aromatic heterocycles. The number of carbonyl (C=O) groups is 1. The van der Waals surface area contributed by atoms with Gasteiger partial charge in [0.1, 0.15) is 0 Å². The lowest BCUT2D eigenvalue weighted by atomic mass is 10.2. The Balaban J connectivity index is 1.34. The molecule has 0 radical (unpaired) electrons. The van der Waals surface area contributed by atoms with Crippen LogP contribution in [0.15, 0.2) is 34.5 Å². The van der Waals surface area contributed by atoms with Crippen molar-refractivity contribution in [3.63, 3.8) is 0 Å². The zero-order chi connectivity index (χ0) is 21.6. The molecule has 9 heteroatoms. The summed E-state index contributed by atoms with van der Waals surface area (Å²) in [6, 6.07) is 6.93. The third-order valence-electron chi connectivity index (χ3n) is 5.16. The maximum Gasteiger partial charge on any atom is 0.243 e. The second-order valence-electron chi connectivity index (χ2n) is 7.68. The summed E-state index contributed by atoms with van der Waals surface area (Å²) in [5.74, 6) is -0.00469. The van der Waals surface area contributed by atoms with Gasteiger partial charge in [-0.3, -0.25) is 9.69 Å². The minimum Gasteiger partial charge on any atom is -0.355 e. The number of carbonyl (C=O) groups excluding carboxylic acids is 1. The van der Waals surface area contributed by atoms with E-state index in [1.165, 1.54) is 4.31 Å². The van der Waals surface area contributed by atoms with Crippen molar-refractivity contribution >= 4 is 27.3 Å². The van der Waals surface area contributed by atoms with Gasteiger partial charge < -0.3 is 5.32 Å². The van der Waals surface area contributed by atoms with E-state index in [4.69, 9.17) is 0 Å². The van der Waals surface area contributed by atoms with Crippen molar-refractivity contribution in [2.45, 2.75) is 38.0 Å². The van der Waals surface area contributed by atoms with Crippen molar-refractivity contribution in [1.82, 2.24) is 19.5 Å². The third kappa shape index (κ3) is 6.34. The molecule has 0 saturated carbocycles. The zero-order valence-electron chi connectivity index (χ0n) is 17.6. The minimum atomic E-state index is -3.47. The highest BCUT2D eigenvalue weighted by Crippen LogP contribution is 2.18. The van der Waals surface area contributed by atoms with Crippen molar-refractivity contribution in [2.75, 3.05) is 39.3 Å². The number of benzene rings is 1. The first-order chi connectivity index (χ1) is 14.3. The fourth-order valence-corrected chi connectivity index (χ4v) is 5.63. The van der Waals surface area contributed by atoms with Crippen LogP contribution in [-0.4, -0.2) is 67.8 Å². The summed E-state index contributed by atoms with van der Waals surface area (Å²) in [6.45, 7) is 6.81. The predicted molar refractivity (Wildman–Crippen MR) is 119 cm³/mol. The standard InChI is InChI=1S/C21H30N4O3S2/c1-17-6-8-19(9-7-17)30(27,28)25-13-11-24(12-14-25)15-20(26)22-10-4-3-5-21-23-18(2)16-29-21/h6-9,16H,3-5,10-15H2,1-2H3,(H,22,26). The number of nitrogens with zero attached hydrogens (tertiary/aromatic N) is 3. The molecule has 0 aliphatic carbocycles. The molecule has 1 aliphatic rings. The number of hydrogen-bond donors (Lipinski definition) is 1. The highest BCUT2D eigenvalue weighted by molar-refractivity contribution is 7.89. The Bertz CT molecular complexity index is 933. The summed E-state index contributed by atoms with van der Waals surface area (Å²) in [5.41, 5.74) is 2.10. The van der Waals surface area contributed by atoms with Crippen LogP contribution in [0.25, 0.3) is 0 Å². The number of hydrogen-bond acceptors (Lipinski definition) is 6. The molecule has 2 heterocycles. The van der Waals surface area contributed by atoms with Crippen LogP contribution in [0.4, 0.5) is 0 Å². The number of amides is 1. The number of nitrogens with one attached hydrogen (secondary N) is 1. The van der Waals surface area contributed by atoms with Crippen molar-refractivity contribution in [3.05, 3.63) is 45.9 Å². The number of aryl methyl sites for hydroxylation is 3. The van der Waals surface area contributed by atoms with Gasteiger partial charge in [-0.05, 0) is 45.2 Å². The first kappa shape index (κ1) is 22.9. The van der Waals surface area contributed by atoms with Gasteiger partial charge in [-0.15, -0.1) is 11.3 Å². The number of aromatic nitrogens is 1. The molecule has 1 amide bonds. The Morgan fingerprint density at radius 3 is 2.43 bits per heavy atom. The van der Waals surface area contributed by atoms with Crippen LogP contribution in [0.3, 0.4) is 0 Å². The highest BCUT2D eigenvalue weighted by atomic mass is 32.2. The molecule has 2 aromatic rings. The van der Waals surface area contributed by atoms with Crippen LogP contribution in [0.2, 0.25) is 0 Å². The fourth-order valence-electron chi connectivity index (χ4n) is 3.39. The van der Waals surface area contributed by atoms with E-state index in [9.17, 15) is 13.2 Å². The second-order valence-corrected chi connectivity index (χ2v) is 10.6. The van der Waals surface area contributed by atoms with Crippen molar-refractivity contribution in [2.24, 2.45) is 0 Å². The maximum absolute atomic E-state index is 12.8. The summed E-state index contributed by atoms with van der Waals surface area (Å²) in [4.78, 5) is 19.0. The van der Waals surface area contributed by atoms with Crippen LogP contribution >= 0.6 is 11.3 Å². The lowest BCUT2D eigenvalue weighted by Gasteiger charge is -2.33. The molecule has 1 aliphatic heterocycles. The normalized spacial score (nSPS) is 15.9. The van der Waals surface area contributed by atoms with Gasteiger partial charge in [0, 0.05) is 43.8 Å². The average molecular weight is 451 g/mol. The van der Waals surface area contributed by atoms with Gasteiger partial charge in [-0.2, -0.15) is 4.31 Å². The molecule has 0 atom stereocenters. The van der Waals surface area contributed by atoms with E-state index >= 15 is 0 Å². The molecular weight excluding hydrogens is 420 g/mol. The highest BCUT2D eigenvalue weighted by Gasteiger charge is 2.28. The van der Waals surface area contributed by atoms with E-state index < -0.39 is 10.0 Å². The molecule has 0 spiro atoms. The summed E-state index contributed by atoms with van der Waals surface area (Å²) in [6.07, 6.45) is 2.88. The molecule has 1 saturated heterocycles. The third-order valence-corrected chi connectivity index (χ3v) is 8.10. The number of thiazole rings is 1. The maximum atomic E-state index is 12.8. The summed E-state index contributed by atoms with van der Waals surface area (Å²) in [7, 11) is -3.47. The lowest BCUT2D eigenvalue weighted by molar-refractivity contribution is -0.122. The number of unbranched alkanes of at least 4 members (excludes halogenated alkanes) is 1. The minimum absolute atomic E-state index is 0.00469. The molecule has 3 rings (SSSR count).